The van der Waals surface area contributed by atoms with Gasteiger partial charge in [0.1, 0.15) is 5.78 Å². The van der Waals surface area contributed by atoms with Crippen molar-refractivity contribution in [2.24, 2.45) is 0 Å². The first kappa shape index (κ1) is 10.8. The van der Waals surface area contributed by atoms with Gasteiger partial charge < -0.3 is 4.74 Å². The SMILES string of the molecule is C[C@@H]1CC(=O)C[C@H](c2cccc(Br)c2)O1. The van der Waals surface area contributed by atoms with Crippen molar-refractivity contribution in [3.05, 3.63) is 34.3 Å². The van der Waals surface area contributed by atoms with Crippen LogP contribution in [0.2, 0.25) is 0 Å². The zero-order valence-corrected chi connectivity index (χ0v) is 10.2. The normalized spacial score (nSPS) is 26.7. The van der Waals surface area contributed by atoms with E-state index in [4.69, 9.17) is 4.74 Å². The van der Waals surface area contributed by atoms with E-state index in [2.05, 4.69) is 15.9 Å². The lowest BCUT2D eigenvalue weighted by Crippen LogP contribution is -2.26. The van der Waals surface area contributed by atoms with Gasteiger partial charge in [0.05, 0.1) is 12.2 Å². The van der Waals surface area contributed by atoms with Crippen molar-refractivity contribution < 1.29 is 9.53 Å². The minimum Gasteiger partial charge on any atom is -0.370 e. The lowest BCUT2D eigenvalue weighted by atomic mass is 9.98. The van der Waals surface area contributed by atoms with Crippen LogP contribution in [0.1, 0.15) is 31.4 Å². The van der Waals surface area contributed by atoms with Crippen LogP contribution >= 0.6 is 15.9 Å². The number of hydrogen-bond donors (Lipinski definition) is 0. The standard InChI is InChI=1S/C12H13BrO2/c1-8-5-11(14)7-12(15-8)9-3-2-4-10(13)6-9/h2-4,6,8,12H,5,7H2,1H3/t8-,12-/m1/s1. The molecule has 0 aliphatic carbocycles. The predicted molar refractivity (Wildman–Crippen MR) is 61.7 cm³/mol. The average molecular weight is 269 g/mol. The third-order valence-electron chi connectivity index (χ3n) is 2.55. The van der Waals surface area contributed by atoms with Gasteiger partial charge >= 0.3 is 0 Å². The molecule has 0 amide bonds. The smallest absolute Gasteiger partial charge is 0.138 e. The van der Waals surface area contributed by atoms with Gasteiger partial charge in [-0.05, 0) is 24.6 Å². The molecule has 0 unspecified atom stereocenters. The molecule has 1 aromatic carbocycles. The van der Waals surface area contributed by atoms with Gasteiger partial charge in [-0.15, -0.1) is 0 Å². The molecule has 1 aromatic rings. The molecule has 1 aliphatic rings. The Morgan fingerprint density at radius 3 is 2.87 bits per heavy atom. The summed E-state index contributed by atoms with van der Waals surface area (Å²) in [6.07, 6.45) is 1.01. The Labute approximate surface area is 97.8 Å². The monoisotopic (exact) mass is 268 g/mol. The second-order valence-corrected chi connectivity index (χ2v) is 4.85. The van der Waals surface area contributed by atoms with Gasteiger partial charge in [0.25, 0.3) is 0 Å². The van der Waals surface area contributed by atoms with E-state index in [1.165, 1.54) is 0 Å². The molecule has 3 heteroatoms. The van der Waals surface area contributed by atoms with Gasteiger partial charge in [0, 0.05) is 17.3 Å². The second-order valence-electron chi connectivity index (χ2n) is 3.94. The number of ether oxygens (including phenoxy) is 1. The topological polar surface area (TPSA) is 26.3 Å². The van der Waals surface area contributed by atoms with Crippen molar-refractivity contribution in [3.63, 3.8) is 0 Å². The molecule has 1 saturated heterocycles. The number of halogens is 1. The van der Waals surface area contributed by atoms with Gasteiger partial charge in [-0.1, -0.05) is 28.1 Å². The highest BCUT2D eigenvalue weighted by Gasteiger charge is 2.26. The van der Waals surface area contributed by atoms with Crippen LogP contribution < -0.4 is 0 Å². The first-order valence-corrected chi connectivity index (χ1v) is 5.87. The summed E-state index contributed by atoms with van der Waals surface area (Å²) < 4.78 is 6.78. The van der Waals surface area contributed by atoms with Crippen molar-refractivity contribution in [3.8, 4) is 0 Å². The highest BCUT2D eigenvalue weighted by atomic mass is 79.9. The van der Waals surface area contributed by atoms with Crippen LogP contribution in [0.5, 0.6) is 0 Å². The number of benzene rings is 1. The molecule has 0 saturated carbocycles. The third kappa shape index (κ3) is 2.67. The van der Waals surface area contributed by atoms with E-state index in [0.29, 0.717) is 18.6 Å². The number of carbonyl (C=O) groups excluding carboxylic acids is 1. The molecule has 2 rings (SSSR count). The minimum atomic E-state index is -0.0706. The maximum absolute atomic E-state index is 11.5. The second kappa shape index (κ2) is 4.45. The predicted octanol–water partition coefficient (Wildman–Crippen LogP) is 3.26. The van der Waals surface area contributed by atoms with Crippen LogP contribution in [-0.2, 0) is 9.53 Å². The largest absolute Gasteiger partial charge is 0.370 e. The molecule has 0 spiro atoms. The molecule has 15 heavy (non-hydrogen) atoms. The van der Waals surface area contributed by atoms with E-state index < -0.39 is 0 Å². The van der Waals surface area contributed by atoms with Crippen molar-refractivity contribution in [1.29, 1.82) is 0 Å². The number of hydrogen-bond acceptors (Lipinski definition) is 2. The molecular formula is C12H13BrO2. The van der Waals surface area contributed by atoms with E-state index in [-0.39, 0.29) is 12.2 Å². The molecule has 80 valence electrons. The molecular weight excluding hydrogens is 256 g/mol. The summed E-state index contributed by atoms with van der Waals surface area (Å²) in [6, 6.07) is 7.95. The summed E-state index contributed by atoms with van der Waals surface area (Å²) >= 11 is 3.42. The molecule has 1 aliphatic heterocycles. The Morgan fingerprint density at radius 2 is 2.20 bits per heavy atom. The number of Topliss-reactive ketones (excluding diaryl/α,β-unsaturated/α-hetero) is 1. The molecule has 1 heterocycles. The molecule has 0 bridgehead atoms. The van der Waals surface area contributed by atoms with E-state index in [0.717, 1.165) is 10.0 Å². The zero-order chi connectivity index (χ0) is 10.8. The molecule has 0 aromatic heterocycles. The van der Waals surface area contributed by atoms with E-state index in [1.807, 2.05) is 31.2 Å². The van der Waals surface area contributed by atoms with Gasteiger partial charge in [0.2, 0.25) is 0 Å². The van der Waals surface area contributed by atoms with Crippen LogP contribution in [0.15, 0.2) is 28.7 Å². The number of rotatable bonds is 1. The fourth-order valence-electron chi connectivity index (χ4n) is 1.89. The van der Waals surface area contributed by atoms with Crippen LogP contribution in [0.4, 0.5) is 0 Å². The summed E-state index contributed by atoms with van der Waals surface area (Å²) in [5.41, 5.74) is 1.07. The molecule has 2 nitrogen and oxygen atoms in total. The van der Waals surface area contributed by atoms with Crippen LogP contribution in [0.25, 0.3) is 0 Å². The summed E-state index contributed by atoms with van der Waals surface area (Å²) in [6.45, 7) is 1.95. The fraction of sp³-hybridized carbons (Fsp3) is 0.417. The van der Waals surface area contributed by atoms with Crippen LogP contribution in [-0.4, -0.2) is 11.9 Å². The summed E-state index contributed by atoms with van der Waals surface area (Å²) in [5, 5.41) is 0. The quantitative estimate of drug-likeness (QED) is 0.782. The van der Waals surface area contributed by atoms with Gasteiger partial charge in [-0.25, -0.2) is 0 Å². The summed E-state index contributed by atoms with van der Waals surface area (Å²) in [7, 11) is 0. The van der Waals surface area contributed by atoms with Crippen molar-refractivity contribution >= 4 is 21.7 Å². The Kier molecular flexibility index (Phi) is 3.22. The van der Waals surface area contributed by atoms with Crippen molar-refractivity contribution in [2.45, 2.75) is 32.0 Å². The lowest BCUT2D eigenvalue weighted by molar-refractivity contribution is -0.134. The lowest BCUT2D eigenvalue weighted by Gasteiger charge is -2.27. The molecule has 0 radical (unpaired) electrons. The van der Waals surface area contributed by atoms with Gasteiger partial charge in [-0.3, -0.25) is 4.79 Å². The fourth-order valence-corrected chi connectivity index (χ4v) is 2.31. The Balaban J connectivity index is 2.19. The van der Waals surface area contributed by atoms with Crippen molar-refractivity contribution in [1.82, 2.24) is 0 Å². The maximum atomic E-state index is 11.5. The molecule has 2 atom stereocenters. The minimum absolute atomic E-state index is 0.0373. The number of carbonyl (C=O) groups is 1. The van der Waals surface area contributed by atoms with E-state index in [1.54, 1.807) is 0 Å². The first-order valence-electron chi connectivity index (χ1n) is 5.08. The van der Waals surface area contributed by atoms with Crippen molar-refractivity contribution in [2.75, 3.05) is 0 Å². The van der Waals surface area contributed by atoms with Crippen LogP contribution in [0.3, 0.4) is 0 Å². The Hall–Kier alpha value is -0.670. The molecule has 0 N–H and O–H groups in total. The molecule has 1 fully saturated rings. The number of ketones is 1. The van der Waals surface area contributed by atoms with E-state index in [9.17, 15) is 4.79 Å². The third-order valence-corrected chi connectivity index (χ3v) is 3.04. The first-order chi connectivity index (χ1) is 7.15. The van der Waals surface area contributed by atoms with E-state index >= 15 is 0 Å². The van der Waals surface area contributed by atoms with Gasteiger partial charge in [0.15, 0.2) is 0 Å². The maximum Gasteiger partial charge on any atom is 0.138 e. The highest BCUT2D eigenvalue weighted by molar-refractivity contribution is 9.10. The Morgan fingerprint density at radius 1 is 1.40 bits per heavy atom. The van der Waals surface area contributed by atoms with Crippen LogP contribution in [0, 0.1) is 0 Å². The highest BCUT2D eigenvalue weighted by Crippen LogP contribution is 2.30. The average Bonchev–Trinajstić information content (AvgIpc) is 2.16. The summed E-state index contributed by atoms with van der Waals surface area (Å²) in [5.74, 6) is 0.290. The Bertz CT molecular complexity index is 376. The van der Waals surface area contributed by atoms with Gasteiger partial charge in [-0.2, -0.15) is 0 Å². The zero-order valence-electron chi connectivity index (χ0n) is 8.57. The summed E-state index contributed by atoms with van der Waals surface area (Å²) in [4.78, 5) is 11.5.